The predicted molar refractivity (Wildman–Crippen MR) is 105 cm³/mol. The van der Waals surface area contributed by atoms with E-state index in [4.69, 9.17) is 14.6 Å². The van der Waals surface area contributed by atoms with Gasteiger partial charge in [0.2, 0.25) is 5.91 Å². The standard InChI is InChI=1S/C17H20N4O2S.C2HF3O2/c22-17(19-7-13-2-1-5-24-13)6-12-10-23-15-9-21(8-14(12)15)16-3-4-18-11-20-16;3-2(4,5)1(6)7/h1-5,11-12,14-15H,6-10H2,(H,19,22);(H,6,7)/t12-,14+,15+;/m0./s1. The number of carboxylic acid groups (broad SMARTS) is 1. The molecular weight excluding hydrogens is 437 g/mol. The Kier molecular flexibility index (Phi) is 7.44. The summed E-state index contributed by atoms with van der Waals surface area (Å²) in [5, 5.41) is 12.2. The Morgan fingerprint density at radius 1 is 1.32 bits per heavy atom. The highest BCUT2D eigenvalue weighted by Gasteiger charge is 2.44. The number of aliphatic carboxylic acids is 1. The first kappa shape index (κ1) is 22.9. The van der Waals surface area contributed by atoms with Gasteiger partial charge in [0.1, 0.15) is 12.1 Å². The Morgan fingerprint density at radius 3 is 2.71 bits per heavy atom. The van der Waals surface area contributed by atoms with Crippen LogP contribution in [0.4, 0.5) is 19.0 Å². The summed E-state index contributed by atoms with van der Waals surface area (Å²) in [6, 6.07) is 5.96. The van der Waals surface area contributed by atoms with E-state index in [2.05, 4.69) is 20.2 Å². The highest BCUT2D eigenvalue weighted by molar-refractivity contribution is 7.09. The van der Waals surface area contributed by atoms with E-state index in [-0.39, 0.29) is 17.9 Å². The summed E-state index contributed by atoms with van der Waals surface area (Å²) in [5.74, 6) is -1.04. The Labute approximate surface area is 180 Å². The molecular formula is C19H21F3N4O4S. The fraction of sp³-hybridized carbons (Fsp3) is 0.474. The summed E-state index contributed by atoms with van der Waals surface area (Å²) >= 11 is 1.66. The van der Waals surface area contributed by atoms with Crippen LogP contribution in [0.2, 0.25) is 0 Å². The molecule has 0 aromatic carbocycles. The third-order valence-corrected chi connectivity index (χ3v) is 5.94. The van der Waals surface area contributed by atoms with Crippen molar-refractivity contribution in [1.82, 2.24) is 15.3 Å². The number of halogens is 3. The topological polar surface area (TPSA) is 105 Å². The fourth-order valence-electron chi connectivity index (χ4n) is 3.58. The molecule has 4 rings (SSSR count). The number of hydrogen-bond acceptors (Lipinski definition) is 7. The highest BCUT2D eigenvalue weighted by atomic mass is 32.1. The van der Waals surface area contributed by atoms with Crippen LogP contribution in [-0.2, 0) is 20.9 Å². The molecule has 12 heteroatoms. The van der Waals surface area contributed by atoms with Crippen molar-refractivity contribution in [2.75, 3.05) is 24.6 Å². The number of rotatable bonds is 5. The zero-order valence-corrected chi connectivity index (χ0v) is 17.1. The first-order valence-electron chi connectivity index (χ1n) is 9.45. The van der Waals surface area contributed by atoms with Gasteiger partial charge in [-0.3, -0.25) is 4.79 Å². The third kappa shape index (κ3) is 6.37. The van der Waals surface area contributed by atoms with E-state index < -0.39 is 12.1 Å². The van der Waals surface area contributed by atoms with Crippen LogP contribution in [0.5, 0.6) is 0 Å². The second-order valence-electron chi connectivity index (χ2n) is 7.13. The van der Waals surface area contributed by atoms with E-state index in [1.165, 1.54) is 4.88 Å². The lowest BCUT2D eigenvalue weighted by atomic mass is 9.90. The minimum atomic E-state index is -5.08. The number of carbonyl (C=O) groups is 2. The maximum absolute atomic E-state index is 12.2. The molecule has 2 aliphatic rings. The van der Waals surface area contributed by atoms with Gasteiger partial charge in [0.15, 0.2) is 0 Å². The lowest BCUT2D eigenvalue weighted by Gasteiger charge is -2.20. The summed E-state index contributed by atoms with van der Waals surface area (Å²) in [6.45, 7) is 3.03. The molecule has 2 aromatic heterocycles. The Balaban J connectivity index is 0.000000339. The molecule has 0 bridgehead atoms. The van der Waals surface area contributed by atoms with Crippen LogP contribution >= 0.6 is 11.3 Å². The number of anilines is 1. The van der Waals surface area contributed by atoms with Crippen molar-refractivity contribution in [2.45, 2.75) is 25.2 Å². The van der Waals surface area contributed by atoms with Crippen molar-refractivity contribution in [3.05, 3.63) is 41.0 Å². The number of nitrogens with zero attached hydrogens (tertiary/aromatic N) is 3. The molecule has 2 N–H and O–H groups in total. The number of fused-ring (bicyclic) bond motifs is 1. The molecule has 2 aliphatic heterocycles. The average Bonchev–Trinajstić information content (AvgIpc) is 3.46. The summed E-state index contributed by atoms with van der Waals surface area (Å²) < 4.78 is 37.7. The van der Waals surface area contributed by atoms with Gasteiger partial charge in [-0.25, -0.2) is 14.8 Å². The first-order valence-corrected chi connectivity index (χ1v) is 10.3. The van der Waals surface area contributed by atoms with Crippen molar-refractivity contribution in [1.29, 1.82) is 0 Å². The van der Waals surface area contributed by atoms with Crippen molar-refractivity contribution in [3.8, 4) is 0 Å². The zero-order valence-electron chi connectivity index (χ0n) is 16.3. The van der Waals surface area contributed by atoms with E-state index in [1.54, 1.807) is 23.9 Å². The maximum Gasteiger partial charge on any atom is 0.490 e. The highest BCUT2D eigenvalue weighted by Crippen LogP contribution is 2.36. The first-order chi connectivity index (χ1) is 14.7. The summed E-state index contributed by atoms with van der Waals surface area (Å²) in [4.78, 5) is 32.8. The molecule has 0 spiro atoms. The smallest absolute Gasteiger partial charge is 0.475 e. The minimum Gasteiger partial charge on any atom is -0.475 e. The van der Waals surface area contributed by atoms with E-state index >= 15 is 0 Å². The molecule has 0 unspecified atom stereocenters. The van der Waals surface area contributed by atoms with Crippen molar-refractivity contribution in [3.63, 3.8) is 0 Å². The van der Waals surface area contributed by atoms with Gasteiger partial charge >= 0.3 is 12.1 Å². The monoisotopic (exact) mass is 458 g/mol. The van der Waals surface area contributed by atoms with Crippen LogP contribution in [0.1, 0.15) is 11.3 Å². The van der Waals surface area contributed by atoms with Gasteiger partial charge in [-0.1, -0.05) is 6.07 Å². The Morgan fingerprint density at radius 2 is 2.10 bits per heavy atom. The van der Waals surface area contributed by atoms with Gasteiger partial charge in [-0.05, 0) is 23.4 Å². The summed E-state index contributed by atoms with van der Waals surface area (Å²) in [5.41, 5.74) is 0. The number of carbonyl (C=O) groups excluding carboxylic acids is 1. The SMILES string of the molecule is O=C(C[C@H]1CO[C@@H]2CN(c3ccncn3)C[C@H]12)NCc1cccs1.O=C(O)C(F)(F)F. The summed E-state index contributed by atoms with van der Waals surface area (Å²) in [7, 11) is 0. The van der Waals surface area contributed by atoms with Crippen molar-refractivity contribution < 1.29 is 32.6 Å². The van der Waals surface area contributed by atoms with Gasteiger partial charge < -0.3 is 20.1 Å². The number of ether oxygens (including phenoxy) is 1. The molecule has 31 heavy (non-hydrogen) atoms. The van der Waals surface area contributed by atoms with Gasteiger partial charge in [0.25, 0.3) is 0 Å². The number of thiophene rings is 1. The Bertz CT molecular complexity index is 867. The molecule has 3 atom stereocenters. The second-order valence-corrected chi connectivity index (χ2v) is 8.16. The number of carboxylic acids is 1. The Hall–Kier alpha value is -2.73. The van der Waals surface area contributed by atoms with Crippen LogP contribution < -0.4 is 10.2 Å². The van der Waals surface area contributed by atoms with Crippen LogP contribution in [0, 0.1) is 11.8 Å². The van der Waals surface area contributed by atoms with Gasteiger partial charge in [-0.15, -0.1) is 11.3 Å². The van der Waals surface area contributed by atoms with E-state index in [0.29, 0.717) is 25.5 Å². The maximum atomic E-state index is 12.2. The molecule has 4 heterocycles. The van der Waals surface area contributed by atoms with Crippen molar-refractivity contribution >= 4 is 29.0 Å². The lowest BCUT2D eigenvalue weighted by Crippen LogP contribution is -2.29. The summed E-state index contributed by atoms with van der Waals surface area (Å²) in [6.07, 6.45) is -1.02. The van der Waals surface area contributed by atoms with E-state index in [9.17, 15) is 18.0 Å². The second kappa shape index (κ2) is 10.1. The largest absolute Gasteiger partial charge is 0.490 e. The molecule has 168 valence electrons. The normalized spacial score (nSPS) is 22.4. The molecule has 2 saturated heterocycles. The number of amides is 1. The molecule has 1 amide bonds. The fourth-order valence-corrected chi connectivity index (χ4v) is 4.22. The lowest BCUT2D eigenvalue weighted by molar-refractivity contribution is -0.192. The van der Waals surface area contributed by atoms with Crippen LogP contribution in [-0.4, -0.2) is 58.9 Å². The number of alkyl halides is 3. The van der Waals surface area contributed by atoms with Crippen LogP contribution in [0.3, 0.4) is 0 Å². The molecule has 2 aromatic rings. The van der Waals surface area contributed by atoms with E-state index in [1.807, 2.05) is 23.6 Å². The molecule has 8 nitrogen and oxygen atoms in total. The van der Waals surface area contributed by atoms with Crippen molar-refractivity contribution in [2.24, 2.45) is 11.8 Å². The van der Waals surface area contributed by atoms with E-state index in [0.717, 1.165) is 18.9 Å². The van der Waals surface area contributed by atoms with Gasteiger partial charge in [-0.2, -0.15) is 13.2 Å². The third-order valence-electron chi connectivity index (χ3n) is 5.06. The number of aromatic nitrogens is 2. The molecule has 0 saturated carbocycles. The van der Waals surface area contributed by atoms with Crippen LogP contribution in [0.25, 0.3) is 0 Å². The molecule has 2 fully saturated rings. The van der Waals surface area contributed by atoms with Gasteiger partial charge in [0, 0.05) is 36.5 Å². The molecule has 0 aliphatic carbocycles. The minimum absolute atomic E-state index is 0.109. The number of hydrogen-bond donors (Lipinski definition) is 2. The van der Waals surface area contributed by atoms with Crippen LogP contribution in [0.15, 0.2) is 36.1 Å². The quantitative estimate of drug-likeness (QED) is 0.709. The predicted octanol–water partition coefficient (Wildman–Crippen LogP) is 2.33. The molecule has 0 radical (unpaired) electrons. The van der Waals surface area contributed by atoms with Gasteiger partial charge in [0.05, 0.1) is 19.3 Å². The number of nitrogens with one attached hydrogen (secondary N) is 1. The zero-order chi connectivity index (χ0) is 22.4. The average molecular weight is 458 g/mol.